The number of aliphatic carboxylic acids is 1. The van der Waals surface area contributed by atoms with E-state index >= 15 is 0 Å². The Kier molecular flexibility index (Phi) is 3.74. The zero-order valence-corrected chi connectivity index (χ0v) is 8.79. The summed E-state index contributed by atoms with van der Waals surface area (Å²) < 4.78 is 18.0. The van der Waals surface area contributed by atoms with E-state index in [1.165, 1.54) is 25.3 Å². The Labute approximate surface area is 91.6 Å². The zero-order chi connectivity index (χ0) is 11.4. The van der Waals surface area contributed by atoms with Crippen molar-refractivity contribution < 1.29 is 19.0 Å². The van der Waals surface area contributed by atoms with Crippen molar-refractivity contribution in [2.45, 2.75) is 0 Å². The Balaban J connectivity index is 3.20. The fourth-order valence-corrected chi connectivity index (χ4v) is 1.20. The van der Waals surface area contributed by atoms with Crippen molar-refractivity contribution in [1.29, 1.82) is 0 Å². The van der Waals surface area contributed by atoms with Crippen LogP contribution in [0.4, 0.5) is 4.39 Å². The number of methoxy groups -OCH3 is 1. The van der Waals surface area contributed by atoms with Crippen LogP contribution in [0, 0.1) is 5.82 Å². The van der Waals surface area contributed by atoms with E-state index in [4.69, 9.17) is 9.84 Å². The first kappa shape index (κ1) is 11.6. The van der Waals surface area contributed by atoms with Gasteiger partial charge in [0, 0.05) is 5.56 Å². The van der Waals surface area contributed by atoms with E-state index in [2.05, 4.69) is 12.6 Å². The first-order chi connectivity index (χ1) is 7.06. The maximum atomic E-state index is 13.2. The monoisotopic (exact) mass is 228 g/mol. The van der Waals surface area contributed by atoms with E-state index in [0.29, 0.717) is 5.56 Å². The van der Waals surface area contributed by atoms with E-state index in [-0.39, 0.29) is 10.7 Å². The summed E-state index contributed by atoms with van der Waals surface area (Å²) in [6.07, 6.45) is 1.23. The van der Waals surface area contributed by atoms with Gasteiger partial charge < -0.3 is 9.84 Å². The van der Waals surface area contributed by atoms with Crippen LogP contribution < -0.4 is 4.74 Å². The molecule has 0 aliphatic heterocycles. The third-order valence-corrected chi connectivity index (χ3v) is 2.03. The Morgan fingerprint density at radius 2 is 2.27 bits per heavy atom. The number of para-hydroxylation sites is 1. The van der Waals surface area contributed by atoms with E-state index in [1.807, 2.05) is 0 Å². The second-order valence-corrected chi connectivity index (χ2v) is 3.18. The van der Waals surface area contributed by atoms with Crippen LogP contribution in [0.25, 0.3) is 6.08 Å². The Hall–Kier alpha value is -1.49. The van der Waals surface area contributed by atoms with Crippen LogP contribution in [0.15, 0.2) is 23.1 Å². The average molecular weight is 228 g/mol. The lowest BCUT2D eigenvalue weighted by Gasteiger charge is -2.05. The fourth-order valence-electron chi connectivity index (χ4n) is 1.06. The van der Waals surface area contributed by atoms with Crippen LogP contribution in [0.5, 0.6) is 5.75 Å². The predicted octanol–water partition coefficient (Wildman–Crippen LogP) is 2.19. The molecule has 1 aromatic carbocycles. The summed E-state index contributed by atoms with van der Waals surface area (Å²) in [4.78, 5) is 10.3. The summed E-state index contributed by atoms with van der Waals surface area (Å²) in [6.45, 7) is 0. The quantitative estimate of drug-likeness (QED) is 0.615. The molecule has 0 radical (unpaired) electrons. The van der Waals surface area contributed by atoms with Gasteiger partial charge in [-0.1, -0.05) is 12.1 Å². The molecule has 5 heteroatoms. The second kappa shape index (κ2) is 4.84. The highest BCUT2D eigenvalue weighted by molar-refractivity contribution is 7.85. The SMILES string of the molecule is COc1c(F)cccc1C=C(S)C(=O)O. The summed E-state index contributed by atoms with van der Waals surface area (Å²) in [5, 5.41) is 8.60. The van der Waals surface area contributed by atoms with Gasteiger partial charge in [-0.15, -0.1) is 12.6 Å². The van der Waals surface area contributed by atoms with Crippen molar-refractivity contribution in [3.8, 4) is 5.75 Å². The third kappa shape index (κ3) is 2.73. The molecule has 1 aromatic rings. The lowest BCUT2D eigenvalue weighted by molar-refractivity contribution is -0.131. The van der Waals surface area contributed by atoms with E-state index in [9.17, 15) is 9.18 Å². The molecule has 0 aromatic heterocycles. The topological polar surface area (TPSA) is 46.5 Å². The van der Waals surface area contributed by atoms with Crippen LogP contribution in [-0.2, 0) is 4.79 Å². The molecule has 0 fully saturated rings. The van der Waals surface area contributed by atoms with Crippen molar-refractivity contribution in [3.05, 3.63) is 34.5 Å². The van der Waals surface area contributed by atoms with Crippen LogP contribution in [0.3, 0.4) is 0 Å². The van der Waals surface area contributed by atoms with Gasteiger partial charge in [0.15, 0.2) is 11.6 Å². The largest absolute Gasteiger partial charge is 0.493 e. The lowest BCUT2D eigenvalue weighted by Crippen LogP contribution is -1.95. The molecule has 0 heterocycles. The van der Waals surface area contributed by atoms with E-state index in [0.717, 1.165) is 0 Å². The summed E-state index contributed by atoms with van der Waals surface area (Å²) in [5.74, 6) is -1.72. The molecule has 15 heavy (non-hydrogen) atoms. The average Bonchev–Trinajstić information content (AvgIpc) is 2.18. The first-order valence-corrected chi connectivity index (χ1v) is 4.47. The highest BCUT2D eigenvalue weighted by Gasteiger charge is 2.08. The Morgan fingerprint density at radius 3 is 2.80 bits per heavy atom. The summed E-state index contributed by atoms with van der Waals surface area (Å²) in [6, 6.07) is 4.24. The highest BCUT2D eigenvalue weighted by atomic mass is 32.1. The molecule has 1 rings (SSSR count). The smallest absolute Gasteiger partial charge is 0.341 e. The van der Waals surface area contributed by atoms with Gasteiger partial charge in [-0.25, -0.2) is 9.18 Å². The van der Waals surface area contributed by atoms with Crippen molar-refractivity contribution in [2.24, 2.45) is 0 Å². The van der Waals surface area contributed by atoms with Gasteiger partial charge in [-0.2, -0.15) is 0 Å². The van der Waals surface area contributed by atoms with Gasteiger partial charge in [0.05, 0.1) is 12.0 Å². The maximum absolute atomic E-state index is 13.2. The number of halogens is 1. The van der Waals surface area contributed by atoms with Crippen LogP contribution in [-0.4, -0.2) is 18.2 Å². The number of carboxylic acids is 1. The van der Waals surface area contributed by atoms with Gasteiger partial charge in [0.25, 0.3) is 0 Å². The highest BCUT2D eigenvalue weighted by Crippen LogP contribution is 2.25. The van der Waals surface area contributed by atoms with Gasteiger partial charge in [-0.05, 0) is 12.1 Å². The van der Waals surface area contributed by atoms with Gasteiger partial charge in [0.2, 0.25) is 0 Å². The summed E-state index contributed by atoms with van der Waals surface area (Å²) in [5.41, 5.74) is 0.338. The number of rotatable bonds is 3. The molecule has 80 valence electrons. The molecular formula is C10H9FO3S. The van der Waals surface area contributed by atoms with E-state index in [1.54, 1.807) is 6.07 Å². The molecular weight excluding hydrogens is 219 g/mol. The number of thiol groups is 1. The van der Waals surface area contributed by atoms with E-state index < -0.39 is 11.8 Å². The number of hydrogen-bond donors (Lipinski definition) is 2. The molecule has 0 amide bonds. The number of ether oxygens (including phenoxy) is 1. The van der Waals surface area contributed by atoms with Crippen molar-refractivity contribution in [2.75, 3.05) is 7.11 Å². The first-order valence-electron chi connectivity index (χ1n) is 4.02. The van der Waals surface area contributed by atoms with Gasteiger partial charge in [-0.3, -0.25) is 0 Å². The van der Waals surface area contributed by atoms with Crippen molar-refractivity contribution in [3.63, 3.8) is 0 Å². The molecule has 0 aliphatic rings. The Bertz CT molecular complexity index is 415. The molecule has 0 unspecified atom stereocenters. The molecule has 0 saturated heterocycles. The van der Waals surface area contributed by atoms with Crippen LogP contribution in [0.2, 0.25) is 0 Å². The third-order valence-electron chi connectivity index (χ3n) is 1.71. The standard InChI is InChI=1S/C10H9FO3S/c1-14-9-6(3-2-4-7(9)11)5-8(15)10(12)13/h2-5,15H,1H3,(H,12,13). The maximum Gasteiger partial charge on any atom is 0.341 e. The minimum absolute atomic E-state index is 0.00491. The normalized spacial score (nSPS) is 11.3. The summed E-state index contributed by atoms with van der Waals surface area (Å²) >= 11 is 3.74. The fraction of sp³-hybridized carbons (Fsp3) is 0.100. The number of hydrogen-bond acceptors (Lipinski definition) is 3. The molecule has 1 N–H and O–H groups in total. The Morgan fingerprint density at radius 1 is 1.60 bits per heavy atom. The predicted molar refractivity (Wildman–Crippen MR) is 57.6 cm³/mol. The molecule has 0 spiro atoms. The zero-order valence-electron chi connectivity index (χ0n) is 7.90. The number of benzene rings is 1. The molecule has 0 aliphatic carbocycles. The number of carboxylic acid groups (broad SMARTS) is 1. The van der Waals surface area contributed by atoms with Crippen molar-refractivity contribution in [1.82, 2.24) is 0 Å². The molecule has 0 saturated carbocycles. The molecule has 3 nitrogen and oxygen atoms in total. The van der Waals surface area contributed by atoms with Crippen molar-refractivity contribution >= 4 is 24.7 Å². The van der Waals surface area contributed by atoms with Crippen LogP contribution >= 0.6 is 12.6 Å². The molecule has 0 bridgehead atoms. The second-order valence-electron chi connectivity index (χ2n) is 2.70. The van der Waals surface area contributed by atoms with Gasteiger partial charge >= 0.3 is 5.97 Å². The number of carbonyl (C=O) groups is 1. The van der Waals surface area contributed by atoms with Gasteiger partial charge in [0.1, 0.15) is 0 Å². The minimum Gasteiger partial charge on any atom is -0.493 e. The van der Waals surface area contributed by atoms with Crippen LogP contribution in [0.1, 0.15) is 5.56 Å². The summed E-state index contributed by atoms with van der Waals surface area (Å²) in [7, 11) is 1.31. The minimum atomic E-state index is -1.18. The lowest BCUT2D eigenvalue weighted by atomic mass is 10.2. The molecule has 0 atom stereocenters.